The van der Waals surface area contributed by atoms with Gasteiger partial charge in [0.15, 0.2) is 6.23 Å². The molecule has 0 saturated heterocycles. The van der Waals surface area contributed by atoms with Crippen LogP contribution in [0.3, 0.4) is 0 Å². The number of nitrogens with one attached hydrogen (secondary N) is 1. The SMILES string of the molecule is O=C(CCCCCOc1ccccc1C(O)N(Cc1ccccc1)C(=O)c1ccc(-c2ccsc2)cc1)NO. The number of hydrogen-bond donors (Lipinski definition) is 3. The Bertz CT molecular complexity index is 1330. The molecule has 0 fully saturated rings. The number of nitrogens with zero attached hydrogens (tertiary/aromatic N) is 1. The van der Waals surface area contributed by atoms with Crippen molar-refractivity contribution in [3.8, 4) is 16.9 Å². The van der Waals surface area contributed by atoms with Crippen LogP contribution in [0.15, 0.2) is 95.7 Å². The molecule has 0 aliphatic rings. The lowest BCUT2D eigenvalue weighted by molar-refractivity contribution is -0.129. The van der Waals surface area contributed by atoms with Gasteiger partial charge in [-0.3, -0.25) is 14.8 Å². The highest BCUT2D eigenvalue weighted by Crippen LogP contribution is 2.31. The van der Waals surface area contributed by atoms with Crippen molar-refractivity contribution in [3.63, 3.8) is 0 Å². The van der Waals surface area contributed by atoms with Crippen molar-refractivity contribution in [2.24, 2.45) is 0 Å². The summed E-state index contributed by atoms with van der Waals surface area (Å²) in [7, 11) is 0. The zero-order valence-electron chi connectivity index (χ0n) is 21.5. The monoisotopic (exact) mass is 544 g/mol. The molecule has 1 atom stereocenters. The Labute approximate surface area is 232 Å². The molecule has 3 aromatic carbocycles. The molecular formula is C31H32N2O5S. The Hall–Kier alpha value is -3.98. The zero-order chi connectivity index (χ0) is 27.5. The van der Waals surface area contributed by atoms with Crippen LogP contribution >= 0.6 is 11.3 Å². The second kappa shape index (κ2) is 14.2. The van der Waals surface area contributed by atoms with Gasteiger partial charge < -0.3 is 14.7 Å². The average Bonchev–Trinajstić information content (AvgIpc) is 3.53. The lowest BCUT2D eigenvalue weighted by atomic mass is 10.0. The molecule has 4 aromatic rings. The number of carbonyl (C=O) groups excluding carboxylic acids is 2. The summed E-state index contributed by atoms with van der Waals surface area (Å²) in [6.45, 7) is 0.607. The molecule has 0 aliphatic heterocycles. The Kier molecular flexibility index (Phi) is 10.2. The standard InChI is InChI=1S/C31H32N2O5S/c34-29(32-37)13-5-2-8-19-38-28-12-7-6-11-27(28)31(36)33(21-23-9-3-1-4-10-23)30(35)25-16-14-24(15-17-25)26-18-20-39-22-26/h1,3-4,6-7,9-12,14-18,20,22,31,36-37H,2,5,8,13,19,21H2,(H,32,34). The molecule has 0 saturated carbocycles. The summed E-state index contributed by atoms with van der Waals surface area (Å²) < 4.78 is 5.99. The van der Waals surface area contributed by atoms with Gasteiger partial charge in [0.2, 0.25) is 5.91 Å². The predicted molar refractivity (Wildman–Crippen MR) is 151 cm³/mol. The predicted octanol–water partition coefficient (Wildman–Crippen LogP) is 6.19. The fourth-order valence-corrected chi connectivity index (χ4v) is 4.91. The Morgan fingerprint density at radius 1 is 0.872 bits per heavy atom. The Balaban J connectivity index is 1.51. The van der Waals surface area contributed by atoms with Crippen molar-refractivity contribution < 1.29 is 24.6 Å². The van der Waals surface area contributed by atoms with Crippen molar-refractivity contribution in [2.45, 2.75) is 38.5 Å². The summed E-state index contributed by atoms with van der Waals surface area (Å²) in [6.07, 6.45) is 1.09. The van der Waals surface area contributed by atoms with Gasteiger partial charge in [-0.15, -0.1) is 0 Å². The Morgan fingerprint density at radius 3 is 2.33 bits per heavy atom. The summed E-state index contributed by atoms with van der Waals surface area (Å²) >= 11 is 1.62. The number of hydrogen-bond acceptors (Lipinski definition) is 6. The number of hydroxylamine groups is 1. The molecule has 0 spiro atoms. The third-order valence-corrected chi connectivity index (χ3v) is 7.05. The maximum atomic E-state index is 13.8. The van der Waals surface area contributed by atoms with E-state index in [0.717, 1.165) is 23.1 Å². The highest BCUT2D eigenvalue weighted by Gasteiger charge is 2.27. The number of rotatable bonds is 13. The van der Waals surface area contributed by atoms with Crippen molar-refractivity contribution >= 4 is 23.2 Å². The van der Waals surface area contributed by atoms with Gasteiger partial charge in [-0.2, -0.15) is 11.3 Å². The summed E-state index contributed by atoms with van der Waals surface area (Å²) in [5, 5.41) is 24.2. The van der Waals surface area contributed by atoms with Gasteiger partial charge in [0, 0.05) is 24.1 Å². The molecule has 4 rings (SSSR count). The molecule has 2 amide bonds. The molecule has 0 aliphatic carbocycles. The van der Waals surface area contributed by atoms with Crippen LogP contribution < -0.4 is 10.2 Å². The van der Waals surface area contributed by atoms with Crippen molar-refractivity contribution in [1.82, 2.24) is 10.4 Å². The normalized spacial score (nSPS) is 11.5. The van der Waals surface area contributed by atoms with E-state index >= 15 is 0 Å². The van der Waals surface area contributed by atoms with Gasteiger partial charge in [-0.05, 0) is 71.0 Å². The highest BCUT2D eigenvalue weighted by molar-refractivity contribution is 7.08. The van der Waals surface area contributed by atoms with E-state index in [-0.39, 0.29) is 18.9 Å². The van der Waals surface area contributed by atoms with Gasteiger partial charge in [0.25, 0.3) is 5.91 Å². The molecule has 0 bridgehead atoms. The second-order valence-electron chi connectivity index (χ2n) is 9.11. The number of thiophene rings is 1. The first-order chi connectivity index (χ1) is 19.1. The molecular weight excluding hydrogens is 512 g/mol. The van der Waals surface area contributed by atoms with Crippen LogP contribution in [0.1, 0.15) is 53.4 Å². The number of benzene rings is 3. The molecule has 202 valence electrons. The lowest BCUT2D eigenvalue weighted by Gasteiger charge is -2.30. The molecule has 1 unspecified atom stereocenters. The first-order valence-electron chi connectivity index (χ1n) is 12.9. The fraction of sp³-hybridized carbons (Fsp3) is 0.226. The highest BCUT2D eigenvalue weighted by atomic mass is 32.1. The largest absolute Gasteiger partial charge is 0.493 e. The van der Waals surface area contributed by atoms with Crippen LogP contribution in [0, 0.1) is 0 Å². The third-order valence-electron chi connectivity index (χ3n) is 6.37. The molecule has 8 heteroatoms. The minimum atomic E-state index is -1.24. The number of unbranched alkanes of at least 4 members (excludes halogenated alkanes) is 2. The summed E-state index contributed by atoms with van der Waals surface area (Å²) in [6, 6.07) is 26.2. The molecule has 1 heterocycles. The van der Waals surface area contributed by atoms with Crippen LogP contribution in [-0.2, 0) is 11.3 Å². The molecule has 0 radical (unpaired) electrons. The van der Waals surface area contributed by atoms with E-state index in [2.05, 4.69) is 5.38 Å². The van der Waals surface area contributed by atoms with Crippen LogP contribution in [0.4, 0.5) is 0 Å². The number of ether oxygens (including phenoxy) is 1. The first-order valence-corrected chi connectivity index (χ1v) is 13.8. The maximum Gasteiger partial charge on any atom is 0.256 e. The van der Waals surface area contributed by atoms with E-state index in [4.69, 9.17) is 9.94 Å². The van der Waals surface area contributed by atoms with Crippen LogP contribution in [0.25, 0.3) is 11.1 Å². The Morgan fingerprint density at radius 2 is 1.62 bits per heavy atom. The minimum Gasteiger partial charge on any atom is -0.493 e. The quantitative estimate of drug-likeness (QED) is 0.0806. The molecule has 39 heavy (non-hydrogen) atoms. The number of aliphatic hydroxyl groups is 1. The van der Waals surface area contributed by atoms with E-state index in [0.29, 0.717) is 36.3 Å². The van der Waals surface area contributed by atoms with Crippen LogP contribution in [0.5, 0.6) is 5.75 Å². The fourth-order valence-electron chi connectivity index (χ4n) is 4.24. The average molecular weight is 545 g/mol. The number of aliphatic hydroxyl groups excluding tert-OH is 1. The van der Waals surface area contributed by atoms with Crippen molar-refractivity contribution in [1.29, 1.82) is 0 Å². The summed E-state index contributed by atoms with van der Waals surface area (Å²) in [5.41, 5.74) is 5.63. The smallest absolute Gasteiger partial charge is 0.256 e. The number of para-hydroxylation sites is 1. The second-order valence-corrected chi connectivity index (χ2v) is 9.89. The zero-order valence-corrected chi connectivity index (χ0v) is 22.3. The van der Waals surface area contributed by atoms with Crippen molar-refractivity contribution in [2.75, 3.05) is 6.61 Å². The van der Waals surface area contributed by atoms with Gasteiger partial charge in [0.1, 0.15) is 5.75 Å². The third kappa shape index (κ3) is 7.77. The van der Waals surface area contributed by atoms with Crippen LogP contribution in [-0.4, -0.2) is 33.6 Å². The summed E-state index contributed by atoms with van der Waals surface area (Å²) in [5.74, 6) is -0.203. The van der Waals surface area contributed by atoms with E-state index < -0.39 is 12.1 Å². The van der Waals surface area contributed by atoms with E-state index in [1.165, 1.54) is 4.90 Å². The van der Waals surface area contributed by atoms with Gasteiger partial charge in [-0.1, -0.05) is 60.7 Å². The first kappa shape index (κ1) is 28.0. The van der Waals surface area contributed by atoms with Gasteiger partial charge in [-0.25, -0.2) is 5.48 Å². The van der Waals surface area contributed by atoms with E-state index in [9.17, 15) is 14.7 Å². The van der Waals surface area contributed by atoms with Crippen LogP contribution in [0.2, 0.25) is 0 Å². The van der Waals surface area contributed by atoms with E-state index in [1.807, 2.05) is 60.0 Å². The van der Waals surface area contributed by atoms with Crippen molar-refractivity contribution in [3.05, 3.63) is 112 Å². The van der Waals surface area contributed by atoms with E-state index in [1.54, 1.807) is 47.1 Å². The minimum absolute atomic E-state index is 0.217. The maximum absolute atomic E-state index is 13.8. The lowest BCUT2D eigenvalue weighted by Crippen LogP contribution is -2.34. The molecule has 3 N–H and O–H groups in total. The van der Waals surface area contributed by atoms with Gasteiger partial charge in [0.05, 0.1) is 6.61 Å². The number of amides is 2. The topological polar surface area (TPSA) is 99.1 Å². The summed E-state index contributed by atoms with van der Waals surface area (Å²) in [4.78, 5) is 26.4. The molecule has 1 aromatic heterocycles. The number of carbonyl (C=O) groups is 2. The molecule has 7 nitrogen and oxygen atoms in total. The van der Waals surface area contributed by atoms with Gasteiger partial charge >= 0.3 is 0 Å².